The van der Waals surface area contributed by atoms with Crippen molar-refractivity contribution in [1.29, 1.82) is 0 Å². The predicted octanol–water partition coefficient (Wildman–Crippen LogP) is 3.61. The van der Waals surface area contributed by atoms with Gasteiger partial charge in [0.2, 0.25) is 0 Å². The predicted molar refractivity (Wildman–Crippen MR) is 76.7 cm³/mol. The molecule has 2 nitrogen and oxygen atoms in total. The molecule has 2 fully saturated rings. The minimum Gasteiger partial charge on any atom is -0.383 e. The summed E-state index contributed by atoms with van der Waals surface area (Å²) in [4.78, 5) is 0. The van der Waals surface area contributed by atoms with E-state index in [2.05, 4.69) is 33.0 Å². The van der Waals surface area contributed by atoms with E-state index in [4.69, 9.17) is 4.74 Å². The van der Waals surface area contributed by atoms with Crippen LogP contribution in [0.4, 0.5) is 0 Å². The van der Waals surface area contributed by atoms with E-state index >= 15 is 0 Å². The lowest BCUT2D eigenvalue weighted by molar-refractivity contribution is 0.0959. The van der Waals surface area contributed by atoms with Crippen LogP contribution in [0, 0.1) is 16.7 Å². The molecule has 0 aromatic heterocycles. The molecule has 0 aliphatic heterocycles. The first-order valence-corrected chi connectivity index (χ1v) is 7.70. The monoisotopic (exact) mass is 253 g/mol. The van der Waals surface area contributed by atoms with E-state index in [0.29, 0.717) is 22.9 Å². The highest BCUT2D eigenvalue weighted by atomic mass is 16.5. The Morgan fingerprint density at radius 1 is 1.33 bits per heavy atom. The first-order chi connectivity index (χ1) is 8.45. The maximum absolute atomic E-state index is 5.37. The molecule has 18 heavy (non-hydrogen) atoms. The zero-order chi connectivity index (χ0) is 13.4. The Balaban J connectivity index is 2.02. The van der Waals surface area contributed by atoms with Crippen LogP contribution in [-0.2, 0) is 4.74 Å². The van der Waals surface area contributed by atoms with Crippen molar-refractivity contribution in [3.8, 4) is 0 Å². The van der Waals surface area contributed by atoms with Crippen LogP contribution >= 0.6 is 0 Å². The second-order valence-electron chi connectivity index (χ2n) is 7.27. The lowest BCUT2D eigenvalue weighted by Crippen LogP contribution is -2.49. The third-order valence-corrected chi connectivity index (χ3v) is 6.24. The van der Waals surface area contributed by atoms with Crippen LogP contribution < -0.4 is 5.32 Å². The standard InChI is InChI=1S/C16H31NO/c1-6-7-13(11-18-5)17-14-10-12-8-9-16(14,4)15(12,2)3/h12-14,17H,6-11H2,1-5H3. The average Bonchev–Trinajstić information content (AvgIpc) is 2.63. The normalized spacial score (nSPS) is 39.2. The van der Waals surface area contributed by atoms with Crippen molar-refractivity contribution >= 4 is 0 Å². The highest BCUT2D eigenvalue weighted by molar-refractivity contribution is 5.13. The molecule has 2 saturated carbocycles. The summed E-state index contributed by atoms with van der Waals surface area (Å²) in [5.41, 5.74) is 0.992. The lowest BCUT2D eigenvalue weighted by Gasteiger charge is -2.41. The molecule has 0 aromatic rings. The van der Waals surface area contributed by atoms with E-state index in [1.54, 1.807) is 0 Å². The molecule has 2 heteroatoms. The molecule has 0 aromatic carbocycles. The molecule has 106 valence electrons. The summed E-state index contributed by atoms with van der Waals surface area (Å²) < 4.78 is 5.37. The van der Waals surface area contributed by atoms with Gasteiger partial charge in [-0.15, -0.1) is 0 Å². The number of hydrogen-bond acceptors (Lipinski definition) is 2. The SMILES string of the molecule is CCCC(COC)NC1CC2CCC1(C)C2(C)C. The summed E-state index contributed by atoms with van der Waals surface area (Å²) in [6.45, 7) is 10.6. The molecule has 0 amide bonds. The fourth-order valence-electron chi connectivity index (χ4n) is 4.50. The topological polar surface area (TPSA) is 21.3 Å². The van der Waals surface area contributed by atoms with E-state index in [1.165, 1.54) is 32.1 Å². The molecule has 4 unspecified atom stereocenters. The van der Waals surface area contributed by atoms with Crippen LogP contribution in [0.5, 0.6) is 0 Å². The fraction of sp³-hybridized carbons (Fsp3) is 1.00. The largest absolute Gasteiger partial charge is 0.383 e. The smallest absolute Gasteiger partial charge is 0.0615 e. The van der Waals surface area contributed by atoms with E-state index in [9.17, 15) is 0 Å². The van der Waals surface area contributed by atoms with Crippen molar-refractivity contribution in [2.45, 2.75) is 71.9 Å². The van der Waals surface area contributed by atoms with Crippen molar-refractivity contribution in [3.05, 3.63) is 0 Å². The molecule has 2 bridgehead atoms. The average molecular weight is 253 g/mol. The Labute approximate surface area is 113 Å². The highest BCUT2D eigenvalue weighted by Crippen LogP contribution is 2.65. The molecule has 2 aliphatic rings. The number of hydrogen-bond donors (Lipinski definition) is 1. The minimum absolute atomic E-state index is 0.484. The summed E-state index contributed by atoms with van der Waals surface area (Å²) in [6, 6.07) is 1.23. The van der Waals surface area contributed by atoms with Crippen LogP contribution in [0.2, 0.25) is 0 Å². The Morgan fingerprint density at radius 3 is 2.50 bits per heavy atom. The Bertz CT molecular complexity index is 283. The number of nitrogens with one attached hydrogen (secondary N) is 1. The van der Waals surface area contributed by atoms with Gasteiger partial charge in [0, 0.05) is 19.2 Å². The number of methoxy groups -OCH3 is 1. The van der Waals surface area contributed by atoms with Crippen molar-refractivity contribution in [3.63, 3.8) is 0 Å². The van der Waals surface area contributed by atoms with Gasteiger partial charge in [-0.1, -0.05) is 34.1 Å². The van der Waals surface area contributed by atoms with Crippen LogP contribution in [-0.4, -0.2) is 25.8 Å². The molecule has 0 heterocycles. The number of ether oxygens (including phenoxy) is 1. The van der Waals surface area contributed by atoms with E-state index < -0.39 is 0 Å². The quantitative estimate of drug-likeness (QED) is 0.781. The van der Waals surface area contributed by atoms with Crippen molar-refractivity contribution in [2.75, 3.05) is 13.7 Å². The van der Waals surface area contributed by atoms with Crippen LogP contribution in [0.25, 0.3) is 0 Å². The zero-order valence-electron chi connectivity index (χ0n) is 12.9. The van der Waals surface area contributed by atoms with E-state index in [1.807, 2.05) is 7.11 Å². The van der Waals surface area contributed by atoms with E-state index in [-0.39, 0.29) is 0 Å². The van der Waals surface area contributed by atoms with Gasteiger partial charge in [-0.2, -0.15) is 0 Å². The molecule has 0 spiro atoms. The third-order valence-electron chi connectivity index (χ3n) is 6.24. The molecular formula is C16H31NO. The molecule has 4 atom stereocenters. The summed E-state index contributed by atoms with van der Waals surface area (Å²) in [5.74, 6) is 0.921. The minimum atomic E-state index is 0.484. The summed E-state index contributed by atoms with van der Waals surface area (Å²) >= 11 is 0. The second kappa shape index (κ2) is 5.13. The van der Waals surface area contributed by atoms with Crippen LogP contribution in [0.3, 0.4) is 0 Å². The van der Waals surface area contributed by atoms with Crippen molar-refractivity contribution < 1.29 is 4.74 Å². The Hall–Kier alpha value is -0.0800. The summed E-state index contributed by atoms with van der Waals surface area (Å²) in [7, 11) is 1.82. The highest BCUT2D eigenvalue weighted by Gasteiger charge is 2.61. The Kier molecular flexibility index (Phi) is 4.08. The van der Waals surface area contributed by atoms with Crippen molar-refractivity contribution in [1.82, 2.24) is 5.32 Å². The first kappa shape index (κ1) is 14.3. The molecule has 2 aliphatic carbocycles. The molecule has 1 N–H and O–H groups in total. The zero-order valence-corrected chi connectivity index (χ0v) is 12.9. The van der Waals surface area contributed by atoms with Gasteiger partial charge in [-0.05, 0) is 42.4 Å². The van der Waals surface area contributed by atoms with Crippen LogP contribution in [0.1, 0.15) is 59.8 Å². The number of fused-ring (bicyclic) bond motifs is 2. The first-order valence-electron chi connectivity index (χ1n) is 7.70. The van der Waals surface area contributed by atoms with Gasteiger partial charge in [-0.25, -0.2) is 0 Å². The van der Waals surface area contributed by atoms with Crippen LogP contribution in [0.15, 0.2) is 0 Å². The maximum Gasteiger partial charge on any atom is 0.0615 e. The van der Waals surface area contributed by atoms with Crippen molar-refractivity contribution in [2.24, 2.45) is 16.7 Å². The molecular weight excluding hydrogens is 222 g/mol. The van der Waals surface area contributed by atoms with E-state index in [0.717, 1.165) is 12.5 Å². The lowest BCUT2D eigenvalue weighted by atomic mass is 9.69. The van der Waals surface area contributed by atoms with Gasteiger partial charge in [-0.3, -0.25) is 0 Å². The third kappa shape index (κ3) is 2.12. The van der Waals surface area contributed by atoms with Gasteiger partial charge in [0.05, 0.1) is 6.61 Å². The maximum atomic E-state index is 5.37. The summed E-state index contributed by atoms with van der Waals surface area (Å²) in [5, 5.41) is 3.92. The fourth-order valence-corrected chi connectivity index (χ4v) is 4.50. The van der Waals surface area contributed by atoms with Gasteiger partial charge < -0.3 is 10.1 Å². The van der Waals surface area contributed by atoms with Gasteiger partial charge in [0.25, 0.3) is 0 Å². The van der Waals surface area contributed by atoms with Gasteiger partial charge >= 0.3 is 0 Å². The number of rotatable bonds is 6. The molecule has 0 saturated heterocycles. The Morgan fingerprint density at radius 2 is 2.06 bits per heavy atom. The van der Waals surface area contributed by atoms with Gasteiger partial charge in [0.15, 0.2) is 0 Å². The second-order valence-corrected chi connectivity index (χ2v) is 7.27. The molecule has 2 rings (SSSR count). The summed E-state index contributed by atoms with van der Waals surface area (Å²) in [6.07, 6.45) is 6.66. The molecule has 0 radical (unpaired) electrons. The van der Waals surface area contributed by atoms with Gasteiger partial charge in [0.1, 0.15) is 0 Å².